The Morgan fingerprint density at radius 3 is 2.58 bits per heavy atom. The fourth-order valence-electron chi connectivity index (χ4n) is 1.18. The highest BCUT2D eigenvalue weighted by atomic mass is 32.1. The maximum atomic E-state index is 11.6. The van der Waals surface area contributed by atoms with E-state index in [0.717, 1.165) is 0 Å². The van der Waals surface area contributed by atoms with E-state index < -0.39 is 12.1 Å². The lowest BCUT2D eigenvalue weighted by molar-refractivity contribution is -0.139. The third kappa shape index (κ3) is 6.15. The summed E-state index contributed by atoms with van der Waals surface area (Å²) in [6, 6.07) is 3.45. The normalized spacial score (nSPS) is 10.3. The van der Waals surface area contributed by atoms with Gasteiger partial charge in [-0.1, -0.05) is 19.9 Å². The summed E-state index contributed by atoms with van der Waals surface area (Å²) in [7, 11) is 0. The maximum Gasteiger partial charge on any atom is 0.516 e. The van der Waals surface area contributed by atoms with E-state index >= 15 is 0 Å². The molecule has 0 aliphatic rings. The smallest absolute Gasteiger partial charge is 0.434 e. The van der Waals surface area contributed by atoms with E-state index in [4.69, 9.17) is 0 Å². The minimum atomic E-state index is -1.01. The lowest BCUT2D eigenvalue weighted by Crippen LogP contribution is -2.16. The van der Waals surface area contributed by atoms with Crippen molar-refractivity contribution in [1.29, 1.82) is 0 Å². The molecule has 0 atom stereocenters. The highest BCUT2D eigenvalue weighted by Crippen LogP contribution is 2.12. The number of esters is 1. The van der Waals surface area contributed by atoms with Gasteiger partial charge in [-0.25, -0.2) is 4.79 Å². The first-order valence-electron chi connectivity index (χ1n) is 5.93. The minimum Gasteiger partial charge on any atom is -0.434 e. The molecular formula is C13H16O5S. The summed E-state index contributed by atoms with van der Waals surface area (Å²) in [5.41, 5.74) is 0. The molecule has 0 saturated carbocycles. The minimum absolute atomic E-state index is 0.0246. The van der Waals surface area contributed by atoms with E-state index in [0.29, 0.717) is 4.88 Å². The Bertz CT molecular complexity index is 436. The molecule has 0 aromatic carbocycles. The molecule has 1 rings (SSSR count). The fourth-order valence-corrected chi connectivity index (χ4v) is 1.88. The molecule has 1 heterocycles. The quantitative estimate of drug-likeness (QED) is 0.456. The van der Waals surface area contributed by atoms with Gasteiger partial charge in [-0.2, -0.15) is 0 Å². The monoisotopic (exact) mass is 284 g/mol. The van der Waals surface area contributed by atoms with Crippen molar-refractivity contribution in [3.8, 4) is 0 Å². The van der Waals surface area contributed by atoms with E-state index in [2.05, 4.69) is 9.47 Å². The second-order valence-corrected chi connectivity index (χ2v) is 5.28. The Labute approximate surface area is 115 Å². The van der Waals surface area contributed by atoms with E-state index in [9.17, 15) is 14.4 Å². The van der Waals surface area contributed by atoms with Crippen LogP contribution < -0.4 is 0 Å². The van der Waals surface area contributed by atoms with Crippen LogP contribution in [0.1, 0.15) is 36.4 Å². The van der Waals surface area contributed by atoms with Crippen LogP contribution in [0.2, 0.25) is 0 Å². The van der Waals surface area contributed by atoms with Crippen molar-refractivity contribution in [3.05, 3.63) is 22.4 Å². The van der Waals surface area contributed by atoms with Crippen molar-refractivity contribution < 1.29 is 23.9 Å². The summed E-state index contributed by atoms with van der Waals surface area (Å²) < 4.78 is 9.11. The second-order valence-electron chi connectivity index (χ2n) is 4.33. The van der Waals surface area contributed by atoms with Crippen LogP contribution in [0.5, 0.6) is 0 Å². The predicted octanol–water partition coefficient (Wildman–Crippen LogP) is 3.05. The SMILES string of the molecule is CC(C)COC(=O)OC(=O)CCC(=O)c1cccs1. The van der Waals surface area contributed by atoms with Crippen LogP contribution in [0.15, 0.2) is 17.5 Å². The molecular weight excluding hydrogens is 268 g/mol. The Balaban J connectivity index is 2.24. The highest BCUT2D eigenvalue weighted by molar-refractivity contribution is 7.12. The zero-order valence-corrected chi connectivity index (χ0v) is 11.7. The zero-order valence-electron chi connectivity index (χ0n) is 10.9. The third-order valence-corrected chi connectivity index (χ3v) is 2.99. The Kier molecular flexibility index (Phi) is 6.21. The number of Topliss-reactive ketones (excluding diaryl/α,β-unsaturated/α-hetero) is 1. The molecule has 6 heteroatoms. The van der Waals surface area contributed by atoms with Gasteiger partial charge in [0.05, 0.1) is 17.9 Å². The van der Waals surface area contributed by atoms with Gasteiger partial charge in [0, 0.05) is 6.42 Å². The number of ketones is 1. The molecule has 19 heavy (non-hydrogen) atoms. The number of carbonyl (C=O) groups excluding carboxylic acids is 3. The Morgan fingerprint density at radius 1 is 1.26 bits per heavy atom. The van der Waals surface area contributed by atoms with Crippen molar-refractivity contribution in [2.45, 2.75) is 26.7 Å². The van der Waals surface area contributed by atoms with E-state index in [1.54, 1.807) is 17.5 Å². The molecule has 0 bridgehead atoms. The van der Waals surface area contributed by atoms with E-state index in [1.165, 1.54) is 11.3 Å². The topological polar surface area (TPSA) is 69.7 Å². The zero-order chi connectivity index (χ0) is 14.3. The number of hydrogen-bond donors (Lipinski definition) is 0. The van der Waals surface area contributed by atoms with Crippen LogP contribution in [0, 0.1) is 5.92 Å². The molecule has 0 radical (unpaired) electrons. The molecule has 0 aliphatic heterocycles. The summed E-state index contributed by atoms with van der Waals surface area (Å²) in [6.07, 6.45) is -1.12. The molecule has 1 aromatic heterocycles. The van der Waals surface area contributed by atoms with Crippen LogP contribution >= 0.6 is 11.3 Å². The van der Waals surface area contributed by atoms with Gasteiger partial charge in [-0.3, -0.25) is 9.59 Å². The standard InChI is InChI=1S/C13H16O5S/c1-9(2)8-17-13(16)18-12(15)6-5-10(14)11-4-3-7-19-11/h3-4,7,9H,5-6,8H2,1-2H3. The summed E-state index contributed by atoms with van der Waals surface area (Å²) >= 11 is 1.31. The molecule has 1 aromatic rings. The first-order valence-corrected chi connectivity index (χ1v) is 6.81. The van der Waals surface area contributed by atoms with Crippen LogP contribution in [-0.2, 0) is 14.3 Å². The lowest BCUT2D eigenvalue weighted by atomic mass is 10.2. The molecule has 5 nitrogen and oxygen atoms in total. The van der Waals surface area contributed by atoms with Gasteiger partial charge in [0.15, 0.2) is 5.78 Å². The summed E-state index contributed by atoms with van der Waals surface area (Å²) in [6.45, 7) is 3.93. The lowest BCUT2D eigenvalue weighted by Gasteiger charge is -2.06. The summed E-state index contributed by atoms with van der Waals surface area (Å²) in [5.74, 6) is -0.718. The molecule has 0 N–H and O–H groups in total. The van der Waals surface area contributed by atoms with Gasteiger partial charge < -0.3 is 9.47 Å². The molecule has 0 fully saturated rings. The average molecular weight is 284 g/mol. The predicted molar refractivity (Wildman–Crippen MR) is 70.2 cm³/mol. The molecule has 0 aliphatic carbocycles. The Morgan fingerprint density at radius 2 is 2.00 bits per heavy atom. The molecule has 0 saturated heterocycles. The van der Waals surface area contributed by atoms with E-state index in [1.807, 2.05) is 13.8 Å². The van der Waals surface area contributed by atoms with Gasteiger partial charge in [0.1, 0.15) is 0 Å². The van der Waals surface area contributed by atoms with Crippen LogP contribution in [-0.4, -0.2) is 24.5 Å². The highest BCUT2D eigenvalue weighted by Gasteiger charge is 2.15. The van der Waals surface area contributed by atoms with Crippen molar-refractivity contribution in [2.24, 2.45) is 5.92 Å². The third-order valence-electron chi connectivity index (χ3n) is 2.08. The van der Waals surface area contributed by atoms with Gasteiger partial charge >= 0.3 is 12.1 Å². The molecule has 0 unspecified atom stereocenters. The van der Waals surface area contributed by atoms with Crippen LogP contribution in [0.25, 0.3) is 0 Å². The first-order chi connectivity index (χ1) is 8.99. The first kappa shape index (κ1) is 15.4. The largest absolute Gasteiger partial charge is 0.516 e. The number of thiophene rings is 1. The summed E-state index contributed by atoms with van der Waals surface area (Å²) in [5, 5.41) is 1.79. The van der Waals surface area contributed by atoms with Crippen molar-refractivity contribution in [1.82, 2.24) is 0 Å². The second kappa shape index (κ2) is 7.68. The van der Waals surface area contributed by atoms with Crippen molar-refractivity contribution in [2.75, 3.05) is 6.61 Å². The number of rotatable bonds is 6. The summed E-state index contributed by atoms with van der Waals surface area (Å²) in [4.78, 5) is 34.6. The van der Waals surface area contributed by atoms with Crippen molar-refractivity contribution >= 4 is 29.2 Å². The van der Waals surface area contributed by atoms with Gasteiger partial charge in [-0.15, -0.1) is 11.3 Å². The fraction of sp³-hybridized carbons (Fsp3) is 0.462. The number of hydrogen-bond acceptors (Lipinski definition) is 6. The average Bonchev–Trinajstić information content (AvgIpc) is 2.87. The van der Waals surface area contributed by atoms with Gasteiger partial charge in [-0.05, 0) is 17.4 Å². The van der Waals surface area contributed by atoms with Crippen LogP contribution in [0.3, 0.4) is 0 Å². The van der Waals surface area contributed by atoms with Gasteiger partial charge in [0.2, 0.25) is 0 Å². The van der Waals surface area contributed by atoms with Crippen LogP contribution in [0.4, 0.5) is 4.79 Å². The van der Waals surface area contributed by atoms with Gasteiger partial charge in [0.25, 0.3) is 0 Å². The maximum absolute atomic E-state index is 11.6. The Hall–Kier alpha value is -1.69. The number of ether oxygens (including phenoxy) is 2. The van der Waals surface area contributed by atoms with Crippen molar-refractivity contribution in [3.63, 3.8) is 0 Å². The molecule has 104 valence electrons. The van der Waals surface area contributed by atoms with E-state index in [-0.39, 0.29) is 31.1 Å². The molecule has 0 spiro atoms. The molecule has 0 amide bonds. The number of carbonyl (C=O) groups is 3.